The number of hydrogen-bond acceptors (Lipinski definition) is 3. The highest BCUT2D eigenvalue weighted by Gasteiger charge is 1.98. The molecule has 42 valence electrons. The SMILES string of the molecule is NC(=O)C[C@@H](N)O. The lowest BCUT2D eigenvalue weighted by molar-refractivity contribution is -0.119. The van der Waals surface area contributed by atoms with Crippen molar-refractivity contribution in [3.05, 3.63) is 0 Å². The van der Waals surface area contributed by atoms with E-state index in [0.717, 1.165) is 0 Å². The fourth-order valence-corrected chi connectivity index (χ4v) is 0.206. The van der Waals surface area contributed by atoms with Gasteiger partial charge < -0.3 is 16.6 Å². The molecule has 0 aromatic carbocycles. The molecule has 0 rings (SSSR count). The topological polar surface area (TPSA) is 89.3 Å². The molecule has 4 nitrogen and oxygen atoms in total. The summed E-state index contributed by atoms with van der Waals surface area (Å²) < 4.78 is 0. The highest BCUT2D eigenvalue weighted by molar-refractivity contribution is 5.74. The third kappa shape index (κ3) is 5.39. The molecule has 5 N–H and O–H groups in total. The van der Waals surface area contributed by atoms with E-state index in [-0.39, 0.29) is 6.42 Å². The predicted octanol–water partition coefficient (Wildman–Crippen LogP) is -1.86. The Balaban J connectivity index is 3.13. The number of aliphatic hydroxyl groups is 1. The molecule has 1 amide bonds. The molecule has 0 aliphatic carbocycles. The van der Waals surface area contributed by atoms with Gasteiger partial charge in [-0.1, -0.05) is 0 Å². The summed E-state index contributed by atoms with van der Waals surface area (Å²) in [6.07, 6.45) is -1.27. The minimum Gasteiger partial charge on any atom is -0.378 e. The molecule has 0 fully saturated rings. The number of rotatable bonds is 2. The van der Waals surface area contributed by atoms with Crippen LogP contribution in [0, 0.1) is 0 Å². The Bertz CT molecular complexity index is 71.3. The van der Waals surface area contributed by atoms with Crippen LogP contribution in [-0.4, -0.2) is 17.2 Å². The largest absolute Gasteiger partial charge is 0.378 e. The van der Waals surface area contributed by atoms with Crippen LogP contribution in [0.15, 0.2) is 0 Å². The van der Waals surface area contributed by atoms with Gasteiger partial charge in [0, 0.05) is 0 Å². The summed E-state index contributed by atoms with van der Waals surface area (Å²) >= 11 is 0. The third-order valence-corrected chi connectivity index (χ3v) is 0.410. The molecular weight excluding hydrogens is 96.0 g/mol. The summed E-state index contributed by atoms with van der Waals surface area (Å²) in [6.45, 7) is 0. The number of nitrogens with two attached hydrogens (primary N) is 2. The lowest BCUT2D eigenvalue weighted by Gasteiger charge is -1.95. The molecule has 0 aliphatic rings. The number of hydrogen-bond donors (Lipinski definition) is 3. The quantitative estimate of drug-likeness (QED) is 0.359. The van der Waals surface area contributed by atoms with Gasteiger partial charge in [0.2, 0.25) is 5.91 Å². The Morgan fingerprint density at radius 1 is 1.86 bits per heavy atom. The van der Waals surface area contributed by atoms with Gasteiger partial charge in [-0.2, -0.15) is 0 Å². The number of aliphatic hydroxyl groups excluding tert-OH is 1. The number of amides is 1. The highest BCUT2D eigenvalue weighted by Crippen LogP contribution is 1.76. The second-order valence-electron chi connectivity index (χ2n) is 1.24. The van der Waals surface area contributed by atoms with Gasteiger partial charge in [-0.05, 0) is 0 Å². The van der Waals surface area contributed by atoms with Crippen molar-refractivity contribution in [1.82, 2.24) is 0 Å². The van der Waals surface area contributed by atoms with Crippen LogP contribution in [0.3, 0.4) is 0 Å². The molecule has 0 aromatic rings. The van der Waals surface area contributed by atoms with Crippen LogP contribution in [0.5, 0.6) is 0 Å². The van der Waals surface area contributed by atoms with Crippen LogP contribution in [0.1, 0.15) is 6.42 Å². The molecule has 0 spiro atoms. The lowest BCUT2D eigenvalue weighted by atomic mass is 10.4. The predicted molar refractivity (Wildman–Crippen MR) is 24.0 cm³/mol. The van der Waals surface area contributed by atoms with Gasteiger partial charge in [0.25, 0.3) is 0 Å². The maximum Gasteiger partial charge on any atom is 0.221 e. The number of carbonyl (C=O) groups excluding carboxylic acids is 1. The second kappa shape index (κ2) is 2.54. The van der Waals surface area contributed by atoms with Crippen molar-refractivity contribution in [2.45, 2.75) is 12.6 Å². The zero-order valence-corrected chi connectivity index (χ0v) is 3.79. The van der Waals surface area contributed by atoms with Crippen molar-refractivity contribution < 1.29 is 9.90 Å². The monoisotopic (exact) mass is 104 g/mol. The fraction of sp³-hybridized carbons (Fsp3) is 0.667. The molecule has 0 heterocycles. The number of primary amides is 1. The van der Waals surface area contributed by atoms with Gasteiger partial charge >= 0.3 is 0 Å². The first-order chi connectivity index (χ1) is 3.13. The Morgan fingerprint density at radius 3 is 2.29 bits per heavy atom. The van der Waals surface area contributed by atoms with Crippen molar-refractivity contribution in [3.63, 3.8) is 0 Å². The first kappa shape index (κ1) is 6.39. The average Bonchev–Trinajstić information content (AvgIpc) is 1.27. The van der Waals surface area contributed by atoms with E-state index in [1.165, 1.54) is 0 Å². The molecular formula is C3H8N2O2. The average molecular weight is 104 g/mol. The molecule has 0 saturated heterocycles. The summed E-state index contributed by atoms with van der Waals surface area (Å²) in [5.74, 6) is -0.588. The van der Waals surface area contributed by atoms with Gasteiger partial charge in [-0.3, -0.25) is 4.79 Å². The maximum absolute atomic E-state index is 9.79. The van der Waals surface area contributed by atoms with Crippen molar-refractivity contribution in [1.29, 1.82) is 0 Å². The lowest BCUT2D eigenvalue weighted by Crippen LogP contribution is -2.26. The molecule has 4 heteroatoms. The first-order valence-electron chi connectivity index (χ1n) is 1.85. The fourth-order valence-electron chi connectivity index (χ4n) is 0.206. The van der Waals surface area contributed by atoms with E-state index in [4.69, 9.17) is 10.8 Å². The van der Waals surface area contributed by atoms with E-state index >= 15 is 0 Å². The van der Waals surface area contributed by atoms with Gasteiger partial charge in [0.15, 0.2) is 0 Å². The van der Waals surface area contributed by atoms with Gasteiger partial charge in [-0.25, -0.2) is 0 Å². The van der Waals surface area contributed by atoms with Crippen LogP contribution >= 0.6 is 0 Å². The van der Waals surface area contributed by atoms with Gasteiger partial charge in [-0.15, -0.1) is 0 Å². The summed E-state index contributed by atoms with van der Waals surface area (Å²) in [4.78, 5) is 9.79. The first-order valence-corrected chi connectivity index (χ1v) is 1.85. The van der Waals surface area contributed by atoms with Crippen LogP contribution in [-0.2, 0) is 4.79 Å². The van der Waals surface area contributed by atoms with Crippen molar-refractivity contribution >= 4 is 5.91 Å². The Hall–Kier alpha value is -0.610. The third-order valence-electron chi connectivity index (χ3n) is 0.410. The minimum atomic E-state index is -1.10. The van der Waals surface area contributed by atoms with Crippen LogP contribution < -0.4 is 11.5 Å². The highest BCUT2D eigenvalue weighted by atomic mass is 16.3. The minimum absolute atomic E-state index is 0.167. The van der Waals surface area contributed by atoms with Crippen LogP contribution in [0.25, 0.3) is 0 Å². The van der Waals surface area contributed by atoms with E-state index in [0.29, 0.717) is 0 Å². The zero-order chi connectivity index (χ0) is 5.86. The summed E-state index contributed by atoms with van der Waals surface area (Å²) in [7, 11) is 0. The van der Waals surface area contributed by atoms with Crippen LogP contribution in [0.4, 0.5) is 0 Å². The van der Waals surface area contributed by atoms with Gasteiger partial charge in [0.05, 0.1) is 6.42 Å². The Kier molecular flexibility index (Phi) is 2.32. The van der Waals surface area contributed by atoms with E-state index in [1.54, 1.807) is 0 Å². The van der Waals surface area contributed by atoms with Gasteiger partial charge in [0.1, 0.15) is 6.23 Å². The van der Waals surface area contributed by atoms with E-state index in [2.05, 4.69) is 5.73 Å². The van der Waals surface area contributed by atoms with Crippen molar-refractivity contribution in [2.75, 3.05) is 0 Å². The van der Waals surface area contributed by atoms with Crippen molar-refractivity contribution in [2.24, 2.45) is 11.5 Å². The summed E-state index contributed by atoms with van der Waals surface area (Å²) in [5, 5.41) is 8.20. The molecule has 0 aliphatic heterocycles. The molecule has 0 aromatic heterocycles. The van der Waals surface area contributed by atoms with E-state index in [9.17, 15) is 4.79 Å². The standard InChI is InChI=1S/C3H8N2O2/c4-2(6)1-3(5)7/h2,6H,1,4H2,(H2,5,7)/t2-/m0/s1. The molecule has 1 atom stereocenters. The molecule has 0 radical (unpaired) electrons. The molecule has 7 heavy (non-hydrogen) atoms. The van der Waals surface area contributed by atoms with Crippen molar-refractivity contribution in [3.8, 4) is 0 Å². The Morgan fingerprint density at radius 2 is 2.29 bits per heavy atom. The normalized spacial score (nSPS) is 13.4. The van der Waals surface area contributed by atoms with E-state index in [1.807, 2.05) is 0 Å². The summed E-state index contributed by atoms with van der Waals surface area (Å²) in [6, 6.07) is 0. The Labute approximate surface area is 41.1 Å². The van der Waals surface area contributed by atoms with Crippen LogP contribution in [0.2, 0.25) is 0 Å². The maximum atomic E-state index is 9.79. The second-order valence-corrected chi connectivity index (χ2v) is 1.24. The van der Waals surface area contributed by atoms with E-state index < -0.39 is 12.1 Å². The summed E-state index contributed by atoms with van der Waals surface area (Å²) in [5.41, 5.74) is 9.36. The molecule has 0 unspecified atom stereocenters. The number of carbonyl (C=O) groups is 1. The molecule has 0 bridgehead atoms. The smallest absolute Gasteiger partial charge is 0.221 e. The molecule has 0 saturated carbocycles. The zero-order valence-electron chi connectivity index (χ0n) is 3.79.